The highest BCUT2D eigenvalue weighted by Crippen LogP contribution is 2.19. The number of benzene rings is 1. The summed E-state index contributed by atoms with van der Waals surface area (Å²) in [4.78, 5) is 23.0. The van der Waals surface area contributed by atoms with Crippen LogP contribution in [-0.4, -0.2) is 36.1 Å². The zero-order chi connectivity index (χ0) is 16.9. The summed E-state index contributed by atoms with van der Waals surface area (Å²) in [5.41, 5.74) is 2.58. The first-order valence-corrected chi connectivity index (χ1v) is 8.16. The van der Waals surface area contributed by atoms with E-state index in [0.717, 1.165) is 35.9 Å². The largest absolute Gasteiger partial charge is 0.496 e. The average molecular weight is 326 g/mol. The summed E-state index contributed by atoms with van der Waals surface area (Å²) >= 11 is 0. The molecule has 1 aromatic heterocycles. The molecule has 0 spiro atoms. The molecule has 0 bridgehead atoms. The van der Waals surface area contributed by atoms with E-state index in [2.05, 4.69) is 20.2 Å². The lowest BCUT2D eigenvalue weighted by Crippen LogP contribution is -2.21. The molecule has 0 radical (unpaired) electrons. The molecular weight excluding hydrogens is 304 g/mol. The van der Waals surface area contributed by atoms with E-state index in [4.69, 9.17) is 4.74 Å². The third-order valence-corrected chi connectivity index (χ3v) is 4.13. The van der Waals surface area contributed by atoms with E-state index in [1.807, 2.05) is 25.1 Å². The van der Waals surface area contributed by atoms with E-state index >= 15 is 0 Å². The van der Waals surface area contributed by atoms with Crippen LogP contribution in [0.5, 0.6) is 5.75 Å². The lowest BCUT2D eigenvalue weighted by atomic mass is 10.1. The van der Waals surface area contributed by atoms with Crippen molar-refractivity contribution in [1.29, 1.82) is 0 Å². The van der Waals surface area contributed by atoms with Crippen LogP contribution in [0.1, 0.15) is 24.0 Å². The zero-order valence-electron chi connectivity index (χ0n) is 14.1. The Morgan fingerprint density at radius 3 is 2.58 bits per heavy atom. The van der Waals surface area contributed by atoms with Crippen LogP contribution in [0.4, 0.5) is 11.6 Å². The number of carbonyl (C=O) groups is 1. The number of ether oxygens (including phenoxy) is 1. The minimum Gasteiger partial charge on any atom is -0.496 e. The monoisotopic (exact) mass is 326 g/mol. The maximum Gasteiger partial charge on any atom is 0.228 e. The maximum absolute atomic E-state index is 12.2. The minimum absolute atomic E-state index is 0.0860. The molecule has 24 heavy (non-hydrogen) atoms. The number of hydrogen-bond donors (Lipinski definition) is 1. The average Bonchev–Trinajstić information content (AvgIpc) is 3.10. The number of hydrogen-bond acceptors (Lipinski definition) is 5. The minimum atomic E-state index is -0.0860. The van der Waals surface area contributed by atoms with E-state index in [-0.39, 0.29) is 5.91 Å². The lowest BCUT2D eigenvalue weighted by Gasteiger charge is -2.14. The Morgan fingerprint density at radius 1 is 1.25 bits per heavy atom. The molecule has 0 saturated carbocycles. The van der Waals surface area contributed by atoms with Crippen molar-refractivity contribution in [2.75, 3.05) is 30.4 Å². The summed E-state index contributed by atoms with van der Waals surface area (Å²) in [7, 11) is 1.64. The second kappa shape index (κ2) is 7.29. The van der Waals surface area contributed by atoms with Gasteiger partial charge in [0.2, 0.25) is 11.9 Å². The van der Waals surface area contributed by atoms with Gasteiger partial charge in [-0.25, -0.2) is 9.97 Å². The van der Waals surface area contributed by atoms with Gasteiger partial charge in [-0.15, -0.1) is 0 Å². The highest BCUT2D eigenvalue weighted by molar-refractivity contribution is 5.92. The topological polar surface area (TPSA) is 67.3 Å². The highest BCUT2D eigenvalue weighted by atomic mass is 16.5. The zero-order valence-corrected chi connectivity index (χ0v) is 14.1. The molecule has 3 rings (SSSR count). The van der Waals surface area contributed by atoms with Gasteiger partial charge in [0, 0.05) is 13.1 Å². The molecule has 1 fully saturated rings. The highest BCUT2D eigenvalue weighted by Gasteiger charge is 2.14. The Bertz CT molecular complexity index is 709. The summed E-state index contributed by atoms with van der Waals surface area (Å²) in [6.45, 7) is 3.97. The molecule has 1 N–H and O–H groups in total. The van der Waals surface area contributed by atoms with Crippen molar-refractivity contribution in [3.63, 3.8) is 0 Å². The van der Waals surface area contributed by atoms with Gasteiger partial charge in [-0.3, -0.25) is 4.79 Å². The van der Waals surface area contributed by atoms with Gasteiger partial charge < -0.3 is 15.0 Å². The molecule has 0 unspecified atom stereocenters. The molecular formula is C18H22N4O2. The van der Waals surface area contributed by atoms with E-state index in [1.54, 1.807) is 19.5 Å². The first kappa shape index (κ1) is 16.2. The van der Waals surface area contributed by atoms with Crippen molar-refractivity contribution >= 4 is 17.5 Å². The molecule has 1 aliphatic rings. The number of carbonyl (C=O) groups excluding carboxylic acids is 1. The number of rotatable bonds is 5. The summed E-state index contributed by atoms with van der Waals surface area (Å²) in [6, 6.07) is 5.75. The summed E-state index contributed by atoms with van der Waals surface area (Å²) in [6.07, 6.45) is 6.00. The first-order chi connectivity index (χ1) is 11.7. The van der Waals surface area contributed by atoms with Crippen molar-refractivity contribution in [2.45, 2.75) is 26.2 Å². The van der Waals surface area contributed by atoms with E-state index in [0.29, 0.717) is 12.1 Å². The van der Waals surface area contributed by atoms with Crippen LogP contribution in [0.15, 0.2) is 30.6 Å². The normalized spacial score (nSPS) is 13.8. The van der Waals surface area contributed by atoms with E-state index in [9.17, 15) is 4.79 Å². The Balaban J connectivity index is 1.59. The van der Waals surface area contributed by atoms with Crippen LogP contribution in [0.3, 0.4) is 0 Å². The molecule has 1 saturated heterocycles. The Hall–Kier alpha value is -2.63. The smallest absolute Gasteiger partial charge is 0.228 e. The van der Waals surface area contributed by atoms with Gasteiger partial charge in [0.25, 0.3) is 0 Å². The van der Waals surface area contributed by atoms with Gasteiger partial charge in [0.05, 0.1) is 31.6 Å². The van der Waals surface area contributed by atoms with Gasteiger partial charge in [-0.05, 0) is 37.0 Å². The molecule has 2 heterocycles. The number of methoxy groups -OCH3 is 1. The van der Waals surface area contributed by atoms with Crippen molar-refractivity contribution < 1.29 is 9.53 Å². The molecule has 2 aromatic rings. The van der Waals surface area contributed by atoms with Gasteiger partial charge in [0.15, 0.2) is 0 Å². The molecule has 1 amide bonds. The van der Waals surface area contributed by atoms with Crippen LogP contribution < -0.4 is 15.0 Å². The van der Waals surface area contributed by atoms with Crippen molar-refractivity contribution in [2.24, 2.45) is 0 Å². The molecule has 6 nitrogen and oxygen atoms in total. The van der Waals surface area contributed by atoms with Gasteiger partial charge in [-0.2, -0.15) is 0 Å². The van der Waals surface area contributed by atoms with Gasteiger partial charge in [0.1, 0.15) is 5.75 Å². The quantitative estimate of drug-likeness (QED) is 0.915. The van der Waals surface area contributed by atoms with Crippen LogP contribution in [0.25, 0.3) is 0 Å². The fourth-order valence-electron chi connectivity index (χ4n) is 2.91. The molecule has 1 aliphatic heterocycles. The Kier molecular flexibility index (Phi) is 4.93. The van der Waals surface area contributed by atoms with Gasteiger partial charge >= 0.3 is 0 Å². The molecule has 0 aliphatic carbocycles. The van der Waals surface area contributed by atoms with Crippen molar-refractivity contribution in [1.82, 2.24) is 9.97 Å². The lowest BCUT2D eigenvalue weighted by molar-refractivity contribution is -0.115. The van der Waals surface area contributed by atoms with Crippen LogP contribution in [0, 0.1) is 6.92 Å². The van der Waals surface area contributed by atoms with Crippen LogP contribution in [0.2, 0.25) is 0 Å². The van der Waals surface area contributed by atoms with Crippen LogP contribution in [-0.2, 0) is 11.2 Å². The van der Waals surface area contributed by atoms with Gasteiger partial charge in [-0.1, -0.05) is 12.1 Å². The van der Waals surface area contributed by atoms with E-state index in [1.165, 1.54) is 12.8 Å². The third-order valence-electron chi connectivity index (χ3n) is 4.13. The molecule has 6 heteroatoms. The number of nitrogens with one attached hydrogen (secondary N) is 1. The van der Waals surface area contributed by atoms with E-state index < -0.39 is 0 Å². The Labute approximate surface area is 141 Å². The standard InChI is InChI=1S/C18H22N4O2/c1-13-9-14(5-6-16(13)24-2)10-17(23)21-15-11-19-18(20-12-15)22-7-3-4-8-22/h5-6,9,11-12H,3-4,7-8,10H2,1-2H3,(H,21,23). The fourth-order valence-corrected chi connectivity index (χ4v) is 2.91. The number of anilines is 2. The van der Waals surface area contributed by atoms with Crippen molar-refractivity contribution in [3.8, 4) is 5.75 Å². The second-order valence-electron chi connectivity index (χ2n) is 5.99. The first-order valence-electron chi connectivity index (χ1n) is 8.16. The van der Waals surface area contributed by atoms with Crippen molar-refractivity contribution in [3.05, 3.63) is 41.7 Å². The summed E-state index contributed by atoms with van der Waals surface area (Å²) < 4.78 is 5.23. The maximum atomic E-state index is 12.2. The SMILES string of the molecule is COc1ccc(CC(=O)Nc2cnc(N3CCCC3)nc2)cc1C. The number of aromatic nitrogens is 2. The molecule has 126 valence electrons. The number of amides is 1. The summed E-state index contributed by atoms with van der Waals surface area (Å²) in [5.74, 6) is 1.47. The van der Waals surface area contributed by atoms with Crippen LogP contribution >= 0.6 is 0 Å². The predicted molar refractivity (Wildman–Crippen MR) is 93.5 cm³/mol. The second-order valence-corrected chi connectivity index (χ2v) is 5.99. The number of aryl methyl sites for hydroxylation is 1. The number of nitrogens with zero attached hydrogens (tertiary/aromatic N) is 3. The third kappa shape index (κ3) is 3.82. The molecule has 0 atom stereocenters. The molecule has 1 aromatic carbocycles. The predicted octanol–water partition coefficient (Wildman–Crippen LogP) is 2.58. The fraction of sp³-hybridized carbons (Fsp3) is 0.389. The Morgan fingerprint density at radius 2 is 1.96 bits per heavy atom. The summed E-state index contributed by atoms with van der Waals surface area (Å²) in [5, 5.41) is 2.84.